The number of nitrogens with one attached hydrogen (secondary N) is 1. The van der Waals surface area contributed by atoms with Gasteiger partial charge in [0.1, 0.15) is 18.5 Å². The number of aliphatic hydroxyl groups is 1. The zero-order chi connectivity index (χ0) is 14.5. The predicted molar refractivity (Wildman–Crippen MR) is 83.7 cm³/mol. The summed E-state index contributed by atoms with van der Waals surface area (Å²) in [6.07, 6.45) is 0.653. The molecule has 2 N–H and O–H groups in total. The Hall–Kier alpha value is -1.84. The van der Waals surface area contributed by atoms with Gasteiger partial charge in [0, 0.05) is 19.0 Å². The minimum atomic E-state index is -0.486. The molecule has 110 valence electrons. The molecule has 0 fully saturated rings. The van der Waals surface area contributed by atoms with Crippen molar-refractivity contribution in [3.05, 3.63) is 65.7 Å². The minimum Gasteiger partial charge on any atom is -0.491 e. The third-order valence-electron chi connectivity index (χ3n) is 3.92. The third-order valence-corrected chi connectivity index (χ3v) is 3.92. The fraction of sp³-hybridized carbons (Fsp3) is 0.333. The Balaban J connectivity index is 1.35. The molecule has 0 radical (unpaired) electrons. The molecule has 3 rings (SSSR count). The molecule has 0 aliphatic heterocycles. The molecule has 0 bridgehead atoms. The van der Waals surface area contributed by atoms with Crippen LogP contribution in [0, 0.1) is 0 Å². The Morgan fingerprint density at radius 1 is 1.10 bits per heavy atom. The average Bonchev–Trinajstić information content (AvgIpc) is 2.51. The monoisotopic (exact) mass is 283 g/mol. The predicted octanol–water partition coefficient (Wildman–Crippen LogP) is 2.36. The van der Waals surface area contributed by atoms with E-state index in [1.165, 1.54) is 11.1 Å². The van der Waals surface area contributed by atoms with E-state index in [1.54, 1.807) is 0 Å². The highest BCUT2D eigenvalue weighted by molar-refractivity contribution is 5.40. The second kappa shape index (κ2) is 6.74. The molecule has 0 spiro atoms. The molecular weight excluding hydrogens is 262 g/mol. The Labute approximate surface area is 125 Å². The molecule has 2 aromatic rings. The van der Waals surface area contributed by atoms with Crippen LogP contribution in [0.5, 0.6) is 5.75 Å². The van der Waals surface area contributed by atoms with Crippen molar-refractivity contribution in [2.45, 2.75) is 18.4 Å². The number of hydrogen-bond acceptors (Lipinski definition) is 3. The van der Waals surface area contributed by atoms with Crippen molar-refractivity contribution in [1.29, 1.82) is 0 Å². The van der Waals surface area contributed by atoms with E-state index in [4.69, 9.17) is 4.74 Å². The smallest absolute Gasteiger partial charge is 0.119 e. The van der Waals surface area contributed by atoms with Crippen LogP contribution in [0.15, 0.2) is 54.6 Å². The van der Waals surface area contributed by atoms with Crippen LogP contribution in [0.3, 0.4) is 0 Å². The Morgan fingerprint density at radius 2 is 1.86 bits per heavy atom. The largest absolute Gasteiger partial charge is 0.491 e. The lowest BCUT2D eigenvalue weighted by atomic mass is 9.77. The van der Waals surface area contributed by atoms with Crippen LogP contribution in [0.4, 0.5) is 0 Å². The summed E-state index contributed by atoms with van der Waals surface area (Å²) in [4.78, 5) is 0. The first-order valence-electron chi connectivity index (χ1n) is 7.47. The first-order chi connectivity index (χ1) is 10.3. The summed E-state index contributed by atoms with van der Waals surface area (Å²) < 4.78 is 5.53. The lowest BCUT2D eigenvalue weighted by molar-refractivity contribution is 0.106. The molecule has 2 unspecified atom stereocenters. The number of rotatable bonds is 7. The van der Waals surface area contributed by atoms with Gasteiger partial charge in [-0.05, 0) is 29.7 Å². The van der Waals surface area contributed by atoms with Crippen LogP contribution < -0.4 is 10.1 Å². The van der Waals surface area contributed by atoms with Crippen LogP contribution in [0.25, 0.3) is 0 Å². The van der Waals surface area contributed by atoms with E-state index in [1.807, 2.05) is 30.3 Å². The molecule has 0 saturated carbocycles. The van der Waals surface area contributed by atoms with Gasteiger partial charge in [0.25, 0.3) is 0 Å². The van der Waals surface area contributed by atoms with E-state index in [-0.39, 0.29) is 0 Å². The van der Waals surface area contributed by atoms with E-state index >= 15 is 0 Å². The number of fused-ring (bicyclic) bond motifs is 1. The van der Waals surface area contributed by atoms with Crippen LogP contribution in [0.1, 0.15) is 17.0 Å². The van der Waals surface area contributed by atoms with Crippen LogP contribution in [-0.4, -0.2) is 30.9 Å². The van der Waals surface area contributed by atoms with Gasteiger partial charge >= 0.3 is 0 Å². The summed E-state index contributed by atoms with van der Waals surface area (Å²) in [5.41, 5.74) is 2.90. The zero-order valence-corrected chi connectivity index (χ0v) is 12.0. The molecule has 1 aliphatic carbocycles. The Morgan fingerprint density at radius 3 is 2.67 bits per heavy atom. The molecule has 0 aromatic heterocycles. The van der Waals surface area contributed by atoms with E-state index in [9.17, 15) is 5.11 Å². The Kier molecular flexibility index (Phi) is 4.53. The highest BCUT2D eigenvalue weighted by Gasteiger charge is 2.24. The van der Waals surface area contributed by atoms with Crippen molar-refractivity contribution in [3.8, 4) is 5.75 Å². The standard InChI is InChI=1S/C18H21NO2/c20-16(13-21-17-7-2-1-3-8-17)12-19-11-15-10-14-6-4-5-9-18(14)15/h1-9,15-16,19-20H,10-13H2. The highest BCUT2D eigenvalue weighted by Crippen LogP contribution is 2.33. The maximum Gasteiger partial charge on any atom is 0.119 e. The van der Waals surface area contributed by atoms with E-state index in [0.29, 0.717) is 19.1 Å². The topological polar surface area (TPSA) is 41.5 Å². The van der Waals surface area contributed by atoms with Crippen LogP contribution >= 0.6 is 0 Å². The number of hydrogen-bond donors (Lipinski definition) is 2. The summed E-state index contributed by atoms with van der Waals surface area (Å²) in [6.45, 7) is 1.79. The normalized spacial score (nSPS) is 17.7. The summed E-state index contributed by atoms with van der Waals surface area (Å²) in [6, 6.07) is 18.1. The third kappa shape index (κ3) is 3.63. The van der Waals surface area contributed by atoms with Gasteiger partial charge in [-0.3, -0.25) is 0 Å². The van der Waals surface area contributed by atoms with E-state index in [0.717, 1.165) is 18.7 Å². The van der Waals surface area contributed by atoms with Crippen molar-refractivity contribution >= 4 is 0 Å². The summed E-state index contributed by atoms with van der Waals surface area (Å²) >= 11 is 0. The van der Waals surface area contributed by atoms with Gasteiger partial charge in [0.15, 0.2) is 0 Å². The summed E-state index contributed by atoms with van der Waals surface area (Å²) in [5.74, 6) is 1.38. The van der Waals surface area contributed by atoms with Gasteiger partial charge in [0.05, 0.1) is 0 Å². The quantitative estimate of drug-likeness (QED) is 0.819. The molecule has 0 saturated heterocycles. The van der Waals surface area contributed by atoms with Crippen molar-refractivity contribution in [1.82, 2.24) is 5.32 Å². The molecule has 3 heteroatoms. The second-order valence-electron chi connectivity index (χ2n) is 5.54. The van der Waals surface area contributed by atoms with Crippen molar-refractivity contribution in [2.24, 2.45) is 0 Å². The molecule has 0 heterocycles. The maximum atomic E-state index is 9.92. The second-order valence-corrected chi connectivity index (χ2v) is 5.54. The van der Waals surface area contributed by atoms with Crippen LogP contribution in [0.2, 0.25) is 0 Å². The SMILES string of the molecule is OC(CNCC1Cc2ccccc21)COc1ccccc1. The number of para-hydroxylation sites is 1. The first kappa shape index (κ1) is 14.1. The van der Waals surface area contributed by atoms with Gasteiger partial charge in [-0.2, -0.15) is 0 Å². The fourth-order valence-electron chi connectivity index (χ4n) is 2.74. The van der Waals surface area contributed by atoms with E-state index < -0.39 is 6.10 Å². The van der Waals surface area contributed by atoms with Crippen LogP contribution in [-0.2, 0) is 6.42 Å². The molecule has 2 atom stereocenters. The Bertz CT molecular complexity index is 570. The molecule has 0 amide bonds. The van der Waals surface area contributed by atoms with Gasteiger partial charge in [-0.1, -0.05) is 42.5 Å². The van der Waals surface area contributed by atoms with Gasteiger partial charge < -0.3 is 15.2 Å². The summed E-state index contributed by atoms with van der Waals surface area (Å²) in [7, 11) is 0. The lowest BCUT2D eigenvalue weighted by Crippen LogP contribution is -2.36. The molecule has 1 aliphatic rings. The zero-order valence-electron chi connectivity index (χ0n) is 12.0. The molecular formula is C18H21NO2. The maximum absolute atomic E-state index is 9.92. The van der Waals surface area contributed by atoms with Gasteiger partial charge in [-0.25, -0.2) is 0 Å². The summed E-state index contributed by atoms with van der Waals surface area (Å²) in [5, 5.41) is 13.3. The van der Waals surface area contributed by atoms with Crippen molar-refractivity contribution in [2.75, 3.05) is 19.7 Å². The number of aliphatic hydroxyl groups excluding tert-OH is 1. The minimum absolute atomic E-state index is 0.318. The lowest BCUT2D eigenvalue weighted by Gasteiger charge is -2.30. The fourth-order valence-corrected chi connectivity index (χ4v) is 2.74. The number of ether oxygens (including phenoxy) is 1. The van der Waals surface area contributed by atoms with Crippen molar-refractivity contribution < 1.29 is 9.84 Å². The molecule has 3 nitrogen and oxygen atoms in total. The molecule has 21 heavy (non-hydrogen) atoms. The number of benzene rings is 2. The van der Waals surface area contributed by atoms with E-state index in [2.05, 4.69) is 29.6 Å². The van der Waals surface area contributed by atoms with Crippen molar-refractivity contribution in [3.63, 3.8) is 0 Å². The van der Waals surface area contributed by atoms with Gasteiger partial charge in [0.2, 0.25) is 0 Å². The first-order valence-corrected chi connectivity index (χ1v) is 7.47. The highest BCUT2D eigenvalue weighted by atomic mass is 16.5. The van der Waals surface area contributed by atoms with Gasteiger partial charge in [-0.15, -0.1) is 0 Å². The average molecular weight is 283 g/mol. The molecule has 2 aromatic carbocycles.